The normalized spacial score (nSPS) is 34.2. The molecule has 6 saturated carbocycles. The zero-order valence-electron chi connectivity index (χ0n) is 52.3. The Morgan fingerprint density at radius 3 is 1.36 bits per heavy atom. The van der Waals surface area contributed by atoms with E-state index in [-0.39, 0.29) is 17.2 Å². The van der Waals surface area contributed by atoms with Crippen LogP contribution in [0.2, 0.25) is 36.3 Å². The van der Waals surface area contributed by atoms with Crippen molar-refractivity contribution in [2.75, 3.05) is 0 Å². The van der Waals surface area contributed by atoms with Crippen molar-refractivity contribution in [3.05, 3.63) is 70.9 Å². The highest BCUT2D eigenvalue weighted by atomic mass is 28.4. The van der Waals surface area contributed by atoms with E-state index in [4.69, 9.17) is 14.6 Å². The molecule has 12 atom stereocenters. The molecule has 2 N–H and O–H groups in total. The molecule has 0 aromatic rings. The van der Waals surface area contributed by atoms with Gasteiger partial charge in [-0.25, -0.2) is 0 Å². The average Bonchev–Trinajstić information content (AvgIpc) is 3.91. The predicted octanol–water partition coefficient (Wildman–Crippen LogP) is 21.3. The molecule has 74 heavy (non-hydrogen) atoms. The summed E-state index contributed by atoms with van der Waals surface area (Å²) in [6, 6.07) is 7.62. The summed E-state index contributed by atoms with van der Waals surface area (Å²) in [5.41, 5.74) is 16.4. The van der Waals surface area contributed by atoms with E-state index in [1.807, 2.05) is 0 Å². The summed E-state index contributed by atoms with van der Waals surface area (Å²) in [5, 5.41) is 0. The lowest BCUT2D eigenvalue weighted by molar-refractivity contribution is 0.0698. The highest BCUT2D eigenvalue weighted by Crippen LogP contribution is 2.61. The second kappa shape index (κ2) is 27.3. The third-order valence-electron chi connectivity index (χ3n) is 22.6. The van der Waals surface area contributed by atoms with Gasteiger partial charge in [-0.15, -0.1) is 0 Å². The van der Waals surface area contributed by atoms with Crippen molar-refractivity contribution in [3.8, 4) is 0 Å². The van der Waals surface area contributed by atoms with Gasteiger partial charge in [0.15, 0.2) is 16.6 Å². The van der Waals surface area contributed by atoms with Gasteiger partial charge in [-0.05, 0) is 253 Å². The molecule has 5 heteroatoms. The molecule has 0 bridgehead atoms. The Morgan fingerprint density at radius 2 is 0.973 bits per heavy atom. The van der Waals surface area contributed by atoms with Gasteiger partial charge in [-0.2, -0.15) is 0 Å². The third kappa shape index (κ3) is 15.6. The fraction of sp³-hybridized carbons (Fsp3) is 0.826. The molecule has 6 fully saturated rings. The number of allylic oxidation sites excluding steroid dienone is 8. The van der Waals surface area contributed by atoms with Gasteiger partial charge >= 0.3 is 0 Å². The lowest BCUT2D eigenvalue weighted by atomic mass is 9.60. The summed E-state index contributed by atoms with van der Waals surface area (Å²) in [7, 11) is -3.10. The second-order valence-corrected chi connectivity index (χ2v) is 38.0. The molecule has 3 nitrogen and oxygen atoms in total. The van der Waals surface area contributed by atoms with E-state index in [1.165, 1.54) is 174 Å². The molecular weight excluding hydrogens is 931 g/mol. The minimum Gasteiger partial charge on any atom is -0.412 e. The number of rotatable bonds is 22. The number of hydrogen-bond donors (Lipinski definition) is 1. The predicted molar refractivity (Wildman–Crippen MR) is 332 cm³/mol. The van der Waals surface area contributed by atoms with Gasteiger partial charge in [0.05, 0.1) is 11.2 Å². The summed E-state index contributed by atoms with van der Waals surface area (Å²) in [6.07, 6.45) is 36.1. The van der Waals surface area contributed by atoms with Crippen molar-refractivity contribution in [2.45, 2.75) is 300 Å². The maximum Gasteiger partial charge on any atom is 0.192 e. The SMILES string of the molecule is C=C1/C(=C\C=C2/CCC[C@]3(C)[C@@H]([C@H](C)CCCC(C)(C)O[Si](CC)(CC)CC)CC[C@@H]23)C[C@@H](C)C[C@@H]1C.C=C1/C(=C\C=C2/CCC[C@]3(C)[C@@H]([C@H](C)CCCC(C)(C)O[Si](CC)(CC)CC)CC[C@@H]23)C[C@@H](C)C[C@@H]1N. The van der Waals surface area contributed by atoms with Gasteiger partial charge in [0, 0.05) is 6.04 Å². The highest BCUT2D eigenvalue weighted by molar-refractivity contribution is 6.74. The standard InChI is InChI=1S/C35H62OSi.C34H61NOSi/c1-11-37(12-2,13-3)36-34(8,9)22-14-16-27(5)32-20-21-33-30(17-15-23-35(32,33)10)18-19-31-25-26(4)24-28(6)29(31)7;1-10-37(11-2,12-3)36-33(7,8)21-13-15-26(5)30-19-20-31-28(16-14-22-34(30,31)9)17-18-29-23-25(4)24-32(35)27(29)6/h18-19,26-28,32-33H,7,11-17,20-25H2,1-6,8-10H3;17-18,25-26,30-32H,6,10-16,19-24,35H2,1-5,7-9H3/b30-18+,31-19-;28-17+,29-18-/t26-,27+,28-,32+,33-,35+;25-,26-,30-,31+,32+,34-/m01/s1. The van der Waals surface area contributed by atoms with E-state index in [0.29, 0.717) is 22.7 Å². The molecule has 0 saturated heterocycles. The molecule has 424 valence electrons. The van der Waals surface area contributed by atoms with Crippen molar-refractivity contribution >= 4 is 16.6 Å². The van der Waals surface area contributed by atoms with Gasteiger partial charge in [-0.1, -0.05) is 164 Å². The topological polar surface area (TPSA) is 44.5 Å². The summed E-state index contributed by atoms with van der Waals surface area (Å²) >= 11 is 0. The first-order valence-corrected chi connectivity index (χ1v) is 37.2. The van der Waals surface area contributed by atoms with Crippen LogP contribution in [0.3, 0.4) is 0 Å². The van der Waals surface area contributed by atoms with E-state index in [9.17, 15) is 0 Å². The first kappa shape index (κ1) is 63.6. The smallest absolute Gasteiger partial charge is 0.192 e. The van der Waals surface area contributed by atoms with Crippen LogP contribution in [0.15, 0.2) is 70.9 Å². The number of fused-ring (bicyclic) bond motifs is 2. The molecule has 0 aliphatic heterocycles. The Bertz CT molecular complexity index is 1790. The number of nitrogens with two attached hydrogens (primary N) is 1. The van der Waals surface area contributed by atoms with Crippen LogP contribution in [-0.2, 0) is 8.85 Å². The third-order valence-corrected chi connectivity index (χ3v) is 32.3. The van der Waals surface area contributed by atoms with E-state index < -0.39 is 16.6 Å². The molecule has 6 rings (SSSR count). The van der Waals surface area contributed by atoms with Crippen LogP contribution in [-0.4, -0.2) is 33.9 Å². The fourth-order valence-corrected chi connectivity index (χ4v) is 24.0. The van der Waals surface area contributed by atoms with E-state index >= 15 is 0 Å². The molecule has 0 amide bonds. The molecule has 0 heterocycles. The molecule has 6 aliphatic rings. The zero-order chi connectivity index (χ0) is 54.9. The first-order valence-electron chi connectivity index (χ1n) is 32.1. The Morgan fingerprint density at radius 1 is 0.595 bits per heavy atom. The van der Waals surface area contributed by atoms with Crippen LogP contribution in [0.25, 0.3) is 0 Å². The summed E-state index contributed by atoms with van der Waals surface area (Å²) < 4.78 is 13.8. The van der Waals surface area contributed by atoms with Gasteiger partial charge in [0.25, 0.3) is 0 Å². The molecule has 0 unspecified atom stereocenters. The molecule has 0 aromatic carbocycles. The van der Waals surface area contributed by atoms with Crippen molar-refractivity contribution in [2.24, 2.45) is 69.8 Å². The molecule has 0 spiro atoms. The first-order chi connectivity index (χ1) is 34.8. The van der Waals surface area contributed by atoms with Crippen LogP contribution in [0.1, 0.15) is 246 Å². The second-order valence-electron chi connectivity index (χ2n) is 28.7. The maximum absolute atomic E-state index is 6.92. The lowest BCUT2D eigenvalue weighted by Crippen LogP contribution is -2.44. The Balaban J connectivity index is 0.000000274. The van der Waals surface area contributed by atoms with Crippen LogP contribution in [0.5, 0.6) is 0 Å². The van der Waals surface area contributed by atoms with Crippen molar-refractivity contribution in [1.82, 2.24) is 0 Å². The fourth-order valence-electron chi connectivity index (χ4n) is 17.6. The van der Waals surface area contributed by atoms with Crippen molar-refractivity contribution in [3.63, 3.8) is 0 Å². The minimum absolute atomic E-state index is 0.0213. The maximum atomic E-state index is 6.92. The van der Waals surface area contributed by atoms with Crippen molar-refractivity contribution < 1.29 is 8.85 Å². The monoisotopic (exact) mass is 1050 g/mol. The van der Waals surface area contributed by atoms with Gasteiger partial charge < -0.3 is 14.6 Å². The van der Waals surface area contributed by atoms with Crippen LogP contribution < -0.4 is 5.73 Å². The summed E-state index contributed by atoms with van der Waals surface area (Å²) in [4.78, 5) is 0. The van der Waals surface area contributed by atoms with E-state index in [2.05, 4.69) is 155 Å². The number of hydrogen-bond acceptors (Lipinski definition) is 3. The molecule has 0 aromatic heterocycles. The van der Waals surface area contributed by atoms with E-state index in [1.54, 1.807) is 11.1 Å². The largest absolute Gasteiger partial charge is 0.412 e. The molecule has 0 radical (unpaired) electrons. The Hall–Kier alpha value is -1.25. The molecule has 6 aliphatic carbocycles. The van der Waals surface area contributed by atoms with Crippen LogP contribution in [0, 0.1) is 64.1 Å². The van der Waals surface area contributed by atoms with Gasteiger partial charge in [-0.3, -0.25) is 0 Å². The Labute approximate surface area is 463 Å². The summed E-state index contributed by atoms with van der Waals surface area (Å²) in [5.74, 6) is 6.99. The van der Waals surface area contributed by atoms with Crippen LogP contribution in [0.4, 0.5) is 0 Å². The Kier molecular flexibility index (Phi) is 23.4. The molecular formula is C69H123NO2Si2. The van der Waals surface area contributed by atoms with Crippen molar-refractivity contribution in [1.29, 1.82) is 0 Å². The van der Waals surface area contributed by atoms with E-state index in [0.717, 1.165) is 54.3 Å². The highest BCUT2D eigenvalue weighted by Gasteiger charge is 2.52. The average molecular weight is 1050 g/mol. The van der Waals surface area contributed by atoms with Gasteiger partial charge in [0.1, 0.15) is 0 Å². The summed E-state index contributed by atoms with van der Waals surface area (Å²) in [6.45, 7) is 49.9. The van der Waals surface area contributed by atoms with Crippen LogP contribution >= 0.6 is 0 Å². The quantitative estimate of drug-likeness (QED) is 0.110. The minimum atomic E-state index is -1.55. The zero-order valence-corrected chi connectivity index (χ0v) is 54.3. The lowest BCUT2D eigenvalue weighted by Gasteiger charge is -2.44. The van der Waals surface area contributed by atoms with Gasteiger partial charge in [0.2, 0.25) is 0 Å².